The maximum absolute atomic E-state index is 12.9. The first kappa shape index (κ1) is 14.5. The second-order valence-electron chi connectivity index (χ2n) is 4.86. The summed E-state index contributed by atoms with van der Waals surface area (Å²) >= 11 is 0. The highest BCUT2D eigenvalue weighted by Crippen LogP contribution is 2.48. The van der Waals surface area contributed by atoms with Gasteiger partial charge in [-0.25, -0.2) is 9.18 Å². The Labute approximate surface area is 115 Å². The molecule has 1 aromatic rings. The van der Waals surface area contributed by atoms with Crippen molar-refractivity contribution in [2.24, 2.45) is 0 Å². The lowest BCUT2D eigenvalue weighted by molar-refractivity contribution is -0.148. The van der Waals surface area contributed by atoms with E-state index < -0.39 is 17.5 Å². The number of carboxylic acids is 1. The zero-order chi connectivity index (χ0) is 14.8. The largest absolute Gasteiger partial charge is 0.479 e. The van der Waals surface area contributed by atoms with Gasteiger partial charge in [-0.2, -0.15) is 0 Å². The van der Waals surface area contributed by atoms with Crippen LogP contribution in [-0.2, 0) is 19.7 Å². The Hall–Kier alpha value is -1.95. The third-order valence-corrected chi connectivity index (χ3v) is 3.59. The third kappa shape index (κ3) is 2.80. The van der Waals surface area contributed by atoms with Crippen molar-refractivity contribution < 1.29 is 23.8 Å². The standard InChI is InChI=1S/C14H16FNO4/c1-20-11(12(17)18)8-16-13(19)14(6-7-14)9-2-4-10(15)5-3-9/h2-5,11H,6-8H2,1H3,(H,16,19)(H,17,18). The van der Waals surface area contributed by atoms with Crippen molar-refractivity contribution in [1.29, 1.82) is 0 Å². The second-order valence-corrected chi connectivity index (χ2v) is 4.86. The Morgan fingerprint density at radius 2 is 2.00 bits per heavy atom. The van der Waals surface area contributed by atoms with E-state index in [2.05, 4.69) is 5.32 Å². The maximum atomic E-state index is 12.9. The first-order valence-electron chi connectivity index (χ1n) is 6.29. The molecule has 0 bridgehead atoms. The summed E-state index contributed by atoms with van der Waals surface area (Å²) in [6.45, 7) is -0.0897. The zero-order valence-corrected chi connectivity index (χ0v) is 11.1. The van der Waals surface area contributed by atoms with Gasteiger partial charge in [-0.05, 0) is 30.5 Å². The van der Waals surface area contributed by atoms with Gasteiger partial charge in [-0.1, -0.05) is 12.1 Å². The van der Waals surface area contributed by atoms with Gasteiger partial charge in [0, 0.05) is 7.11 Å². The molecule has 0 saturated heterocycles. The molecule has 0 spiro atoms. The molecule has 1 aromatic carbocycles. The van der Waals surface area contributed by atoms with Crippen LogP contribution in [0.25, 0.3) is 0 Å². The monoisotopic (exact) mass is 281 g/mol. The lowest BCUT2D eigenvalue weighted by Gasteiger charge is -2.17. The molecule has 108 valence electrons. The number of methoxy groups -OCH3 is 1. The Bertz CT molecular complexity index is 510. The first-order valence-corrected chi connectivity index (χ1v) is 6.29. The summed E-state index contributed by atoms with van der Waals surface area (Å²) in [5.41, 5.74) is 0.102. The van der Waals surface area contributed by atoms with E-state index in [0.29, 0.717) is 12.8 Å². The van der Waals surface area contributed by atoms with Gasteiger partial charge < -0.3 is 15.2 Å². The highest BCUT2D eigenvalue weighted by atomic mass is 19.1. The van der Waals surface area contributed by atoms with E-state index in [4.69, 9.17) is 9.84 Å². The molecule has 1 saturated carbocycles. The van der Waals surface area contributed by atoms with Crippen LogP contribution >= 0.6 is 0 Å². The number of nitrogens with one attached hydrogen (secondary N) is 1. The molecule has 6 heteroatoms. The van der Waals surface area contributed by atoms with Crippen molar-refractivity contribution >= 4 is 11.9 Å². The molecule has 1 aliphatic carbocycles. The van der Waals surface area contributed by atoms with Crippen molar-refractivity contribution in [1.82, 2.24) is 5.32 Å². The molecule has 1 aliphatic rings. The van der Waals surface area contributed by atoms with Gasteiger partial charge in [0.2, 0.25) is 5.91 Å². The lowest BCUT2D eigenvalue weighted by atomic mass is 9.95. The van der Waals surface area contributed by atoms with Crippen LogP contribution in [0.5, 0.6) is 0 Å². The van der Waals surface area contributed by atoms with Crippen LogP contribution in [0.1, 0.15) is 18.4 Å². The fourth-order valence-corrected chi connectivity index (χ4v) is 2.17. The second kappa shape index (κ2) is 5.58. The topological polar surface area (TPSA) is 75.6 Å². The van der Waals surface area contributed by atoms with Crippen molar-refractivity contribution in [3.8, 4) is 0 Å². The molecule has 0 aromatic heterocycles. The number of hydrogen-bond acceptors (Lipinski definition) is 3. The number of ether oxygens (including phenoxy) is 1. The molecule has 1 unspecified atom stereocenters. The number of halogens is 1. The Morgan fingerprint density at radius 3 is 2.45 bits per heavy atom. The fraction of sp³-hybridized carbons (Fsp3) is 0.429. The number of benzene rings is 1. The number of carbonyl (C=O) groups is 2. The third-order valence-electron chi connectivity index (χ3n) is 3.59. The van der Waals surface area contributed by atoms with E-state index >= 15 is 0 Å². The van der Waals surface area contributed by atoms with Gasteiger partial charge >= 0.3 is 5.97 Å². The van der Waals surface area contributed by atoms with Crippen molar-refractivity contribution in [3.05, 3.63) is 35.6 Å². The van der Waals surface area contributed by atoms with Gasteiger partial charge in [0.05, 0.1) is 12.0 Å². The molecule has 1 amide bonds. The number of carboxylic acid groups (broad SMARTS) is 1. The van der Waals surface area contributed by atoms with E-state index in [1.54, 1.807) is 12.1 Å². The first-order chi connectivity index (χ1) is 9.49. The summed E-state index contributed by atoms with van der Waals surface area (Å²) in [5.74, 6) is -1.72. The van der Waals surface area contributed by atoms with E-state index in [0.717, 1.165) is 5.56 Å². The SMILES string of the molecule is COC(CNC(=O)C1(c2ccc(F)cc2)CC1)C(=O)O. The van der Waals surface area contributed by atoms with Gasteiger partial charge in [-0.3, -0.25) is 4.79 Å². The number of carbonyl (C=O) groups excluding carboxylic acids is 1. The van der Waals surface area contributed by atoms with Crippen molar-refractivity contribution in [2.45, 2.75) is 24.4 Å². The molecule has 2 N–H and O–H groups in total. The predicted octanol–water partition coefficient (Wildman–Crippen LogP) is 1.07. The number of aliphatic carboxylic acids is 1. The van der Waals surface area contributed by atoms with Gasteiger partial charge in [0.15, 0.2) is 6.10 Å². The molecule has 0 radical (unpaired) electrons. The summed E-state index contributed by atoms with van der Waals surface area (Å²) < 4.78 is 17.7. The number of rotatable bonds is 6. The molecule has 5 nitrogen and oxygen atoms in total. The van der Waals surface area contributed by atoms with E-state index in [1.807, 2.05) is 0 Å². The Morgan fingerprint density at radius 1 is 1.40 bits per heavy atom. The minimum absolute atomic E-state index is 0.0897. The molecular weight excluding hydrogens is 265 g/mol. The number of amides is 1. The van der Waals surface area contributed by atoms with E-state index in [-0.39, 0.29) is 18.3 Å². The summed E-state index contributed by atoms with van der Waals surface area (Å²) in [5, 5.41) is 11.4. The molecule has 20 heavy (non-hydrogen) atoms. The summed E-state index contributed by atoms with van der Waals surface area (Å²) in [7, 11) is 1.28. The van der Waals surface area contributed by atoms with Crippen LogP contribution in [-0.4, -0.2) is 36.7 Å². The Balaban J connectivity index is 2.02. The van der Waals surface area contributed by atoms with E-state index in [9.17, 15) is 14.0 Å². The van der Waals surface area contributed by atoms with Crippen LogP contribution < -0.4 is 5.32 Å². The molecular formula is C14H16FNO4. The average Bonchev–Trinajstić information content (AvgIpc) is 3.21. The van der Waals surface area contributed by atoms with Crippen LogP contribution in [0.2, 0.25) is 0 Å². The van der Waals surface area contributed by atoms with Crippen LogP contribution in [0.15, 0.2) is 24.3 Å². The fourth-order valence-electron chi connectivity index (χ4n) is 2.17. The number of hydrogen-bond donors (Lipinski definition) is 2. The smallest absolute Gasteiger partial charge is 0.334 e. The summed E-state index contributed by atoms with van der Waals surface area (Å²) in [6, 6.07) is 5.82. The van der Waals surface area contributed by atoms with Crippen LogP contribution in [0, 0.1) is 5.82 Å². The van der Waals surface area contributed by atoms with Crippen LogP contribution in [0.4, 0.5) is 4.39 Å². The normalized spacial score (nSPS) is 17.3. The highest BCUT2D eigenvalue weighted by Gasteiger charge is 2.51. The zero-order valence-electron chi connectivity index (χ0n) is 11.1. The van der Waals surface area contributed by atoms with Crippen molar-refractivity contribution in [3.63, 3.8) is 0 Å². The molecule has 0 heterocycles. The van der Waals surface area contributed by atoms with Gasteiger partial charge in [-0.15, -0.1) is 0 Å². The van der Waals surface area contributed by atoms with E-state index in [1.165, 1.54) is 19.2 Å². The lowest BCUT2D eigenvalue weighted by Crippen LogP contribution is -2.42. The molecule has 1 atom stereocenters. The quantitative estimate of drug-likeness (QED) is 0.818. The molecule has 1 fully saturated rings. The van der Waals surface area contributed by atoms with Crippen LogP contribution in [0.3, 0.4) is 0 Å². The highest BCUT2D eigenvalue weighted by molar-refractivity contribution is 5.91. The Kier molecular flexibility index (Phi) is 4.04. The summed E-state index contributed by atoms with van der Waals surface area (Å²) in [4.78, 5) is 23.0. The van der Waals surface area contributed by atoms with Crippen molar-refractivity contribution in [2.75, 3.05) is 13.7 Å². The molecule has 2 rings (SSSR count). The maximum Gasteiger partial charge on any atom is 0.334 e. The van der Waals surface area contributed by atoms with Gasteiger partial charge in [0.25, 0.3) is 0 Å². The predicted molar refractivity (Wildman–Crippen MR) is 68.8 cm³/mol. The average molecular weight is 281 g/mol. The van der Waals surface area contributed by atoms with Gasteiger partial charge in [0.1, 0.15) is 5.82 Å². The molecule has 0 aliphatic heterocycles. The minimum Gasteiger partial charge on any atom is -0.479 e. The minimum atomic E-state index is -1.13. The summed E-state index contributed by atoms with van der Waals surface area (Å²) in [6.07, 6.45) is 0.285.